The van der Waals surface area contributed by atoms with E-state index in [1.165, 1.54) is 0 Å². The highest BCUT2D eigenvalue weighted by Crippen LogP contribution is 2.31. The number of rotatable bonds is 6. The number of carbonyl (C=O) groups is 1. The molecule has 1 amide bonds. The average molecular weight is 446 g/mol. The van der Waals surface area contributed by atoms with Gasteiger partial charge in [0.1, 0.15) is 11.6 Å². The summed E-state index contributed by atoms with van der Waals surface area (Å²) in [6, 6.07) is 20.7. The van der Waals surface area contributed by atoms with Crippen molar-refractivity contribution < 1.29 is 9.53 Å². The van der Waals surface area contributed by atoms with E-state index in [0.29, 0.717) is 27.7 Å². The smallest absolute Gasteiger partial charge is 0.255 e. The van der Waals surface area contributed by atoms with Crippen LogP contribution in [0.5, 0.6) is 5.75 Å². The van der Waals surface area contributed by atoms with Crippen LogP contribution in [0.3, 0.4) is 0 Å². The third kappa shape index (κ3) is 4.84. The fourth-order valence-electron chi connectivity index (χ4n) is 3.44. The van der Waals surface area contributed by atoms with Crippen molar-refractivity contribution in [3.63, 3.8) is 0 Å². The third-order valence-electron chi connectivity index (χ3n) is 4.95. The number of halogens is 1. The Hall–Kier alpha value is -3.57. The molecule has 4 aromatic rings. The van der Waals surface area contributed by atoms with Crippen LogP contribution in [0.1, 0.15) is 29.8 Å². The molecule has 0 bridgehead atoms. The van der Waals surface area contributed by atoms with Crippen LogP contribution in [0.4, 0.5) is 5.69 Å². The molecule has 162 valence electrons. The van der Waals surface area contributed by atoms with Gasteiger partial charge in [-0.3, -0.25) is 4.79 Å². The number of hydrogen-bond acceptors (Lipinski definition) is 3. The summed E-state index contributed by atoms with van der Waals surface area (Å²) in [5, 5.41) is 3.50. The zero-order valence-electron chi connectivity index (χ0n) is 18.1. The van der Waals surface area contributed by atoms with Crippen LogP contribution in [0.2, 0.25) is 5.02 Å². The number of ether oxygens (including phenoxy) is 1. The molecule has 4 rings (SSSR count). The van der Waals surface area contributed by atoms with Crippen LogP contribution >= 0.6 is 11.6 Å². The zero-order chi connectivity index (χ0) is 22.7. The van der Waals surface area contributed by atoms with E-state index in [1.54, 1.807) is 24.4 Å². The van der Waals surface area contributed by atoms with E-state index >= 15 is 0 Å². The number of aromatic amines is 1. The van der Waals surface area contributed by atoms with Crippen LogP contribution in [0, 0.1) is 6.92 Å². The van der Waals surface area contributed by atoms with Crippen molar-refractivity contribution in [1.82, 2.24) is 9.97 Å². The van der Waals surface area contributed by atoms with Crippen molar-refractivity contribution in [2.45, 2.75) is 26.9 Å². The summed E-state index contributed by atoms with van der Waals surface area (Å²) >= 11 is 6.44. The molecule has 0 aliphatic rings. The molecular weight excluding hydrogens is 422 g/mol. The molecule has 3 aromatic carbocycles. The van der Waals surface area contributed by atoms with Crippen LogP contribution in [0.15, 0.2) is 72.9 Å². The Morgan fingerprint density at radius 3 is 2.56 bits per heavy atom. The molecule has 0 unspecified atom stereocenters. The van der Waals surface area contributed by atoms with Gasteiger partial charge in [-0.2, -0.15) is 0 Å². The van der Waals surface area contributed by atoms with E-state index in [4.69, 9.17) is 16.3 Å². The Morgan fingerprint density at radius 1 is 1.06 bits per heavy atom. The van der Waals surface area contributed by atoms with Crippen molar-refractivity contribution in [3.05, 3.63) is 89.1 Å². The SMILES string of the molecule is Cc1cc(OC(C)C)ccc1C(=O)Nc1ccc(Cl)c(-c2ncc(-c3ccccc3)[nH]2)c1. The summed E-state index contributed by atoms with van der Waals surface area (Å²) in [5.74, 6) is 1.18. The Morgan fingerprint density at radius 2 is 1.84 bits per heavy atom. The Bertz CT molecular complexity index is 1250. The Kier molecular flexibility index (Phi) is 6.28. The first-order valence-corrected chi connectivity index (χ1v) is 10.8. The fourth-order valence-corrected chi connectivity index (χ4v) is 3.65. The van der Waals surface area contributed by atoms with Crippen molar-refractivity contribution >= 4 is 23.2 Å². The second-order valence-corrected chi connectivity index (χ2v) is 8.21. The zero-order valence-corrected chi connectivity index (χ0v) is 18.9. The number of imidazole rings is 1. The van der Waals surface area contributed by atoms with Crippen LogP contribution in [-0.2, 0) is 0 Å². The molecule has 0 fully saturated rings. The molecule has 0 radical (unpaired) electrons. The lowest BCUT2D eigenvalue weighted by Gasteiger charge is -2.13. The molecule has 6 heteroatoms. The van der Waals surface area contributed by atoms with Gasteiger partial charge in [-0.15, -0.1) is 0 Å². The van der Waals surface area contributed by atoms with E-state index in [9.17, 15) is 4.79 Å². The van der Waals surface area contributed by atoms with Crippen molar-refractivity contribution in [1.29, 1.82) is 0 Å². The summed E-state index contributed by atoms with van der Waals surface area (Å²) < 4.78 is 5.70. The maximum Gasteiger partial charge on any atom is 0.255 e. The largest absolute Gasteiger partial charge is 0.491 e. The van der Waals surface area contributed by atoms with Gasteiger partial charge in [0, 0.05) is 16.8 Å². The van der Waals surface area contributed by atoms with Crippen LogP contribution in [-0.4, -0.2) is 22.0 Å². The molecule has 0 aliphatic carbocycles. The average Bonchev–Trinajstić information content (AvgIpc) is 3.25. The van der Waals surface area contributed by atoms with Gasteiger partial charge in [0.25, 0.3) is 5.91 Å². The Balaban J connectivity index is 1.56. The predicted molar refractivity (Wildman–Crippen MR) is 129 cm³/mol. The summed E-state index contributed by atoms with van der Waals surface area (Å²) in [5.41, 5.74) is 4.70. The van der Waals surface area contributed by atoms with Crippen molar-refractivity contribution in [2.75, 3.05) is 5.32 Å². The number of hydrogen-bond donors (Lipinski definition) is 2. The molecule has 0 atom stereocenters. The highest BCUT2D eigenvalue weighted by molar-refractivity contribution is 6.33. The predicted octanol–water partition coefficient (Wildman–Crippen LogP) is 6.75. The molecule has 1 heterocycles. The van der Waals surface area contributed by atoms with Gasteiger partial charge in [-0.1, -0.05) is 41.9 Å². The Labute approximate surface area is 192 Å². The fraction of sp³-hybridized carbons (Fsp3) is 0.154. The van der Waals surface area contributed by atoms with E-state index in [1.807, 2.05) is 69.3 Å². The number of benzene rings is 3. The lowest BCUT2D eigenvalue weighted by atomic mass is 10.1. The topological polar surface area (TPSA) is 67.0 Å². The lowest BCUT2D eigenvalue weighted by molar-refractivity contribution is 0.102. The second kappa shape index (κ2) is 9.28. The molecule has 2 N–H and O–H groups in total. The van der Waals surface area contributed by atoms with Gasteiger partial charge in [0.2, 0.25) is 0 Å². The number of carbonyl (C=O) groups excluding carboxylic acids is 1. The molecule has 0 saturated carbocycles. The summed E-state index contributed by atoms with van der Waals surface area (Å²) in [6.07, 6.45) is 1.85. The minimum absolute atomic E-state index is 0.0746. The van der Waals surface area contributed by atoms with Gasteiger partial charge in [0.15, 0.2) is 0 Å². The van der Waals surface area contributed by atoms with Gasteiger partial charge in [-0.25, -0.2) is 4.98 Å². The number of aryl methyl sites for hydroxylation is 1. The van der Waals surface area contributed by atoms with Gasteiger partial charge < -0.3 is 15.0 Å². The minimum Gasteiger partial charge on any atom is -0.491 e. The van der Waals surface area contributed by atoms with E-state index in [-0.39, 0.29) is 12.0 Å². The maximum atomic E-state index is 12.9. The third-order valence-corrected chi connectivity index (χ3v) is 5.28. The molecular formula is C26H24ClN3O2. The molecule has 1 aromatic heterocycles. The van der Waals surface area contributed by atoms with Gasteiger partial charge in [-0.05, 0) is 68.3 Å². The number of H-pyrrole nitrogens is 1. The van der Waals surface area contributed by atoms with Crippen LogP contribution < -0.4 is 10.1 Å². The number of anilines is 1. The number of nitrogens with zero attached hydrogens (tertiary/aromatic N) is 1. The maximum absolute atomic E-state index is 12.9. The summed E-state index contributed by atoms with van der Waals surface area (Å²) in [6.45, 7) is 5.83. The number of aromatic nitrogens is 2. The van der Waals surface area contributed by atoms with Gasteiger partial charge >= 0.3 is 0 Å². The van der Waals surface area contributed by atoms with Crippen LogP contribution in [0.25, 0.3) is 22.6 Å². The highest BCUT2D eigenvalue weighted by atomic mass is 35.5. The highest BCUT2D eigenvalue weighted by Gasteiger charge is 2.14. The van der Waals surface area contributed by atoms with Crippen molar-refractivity contribution in [3.8, 4) is 28.4 Å². The summed E-state index contributed by atoms with van der Waals surface area (Å²) in [4.78, 5) is 20.7. The summed E-state index contributed by atoms with van der Waals surface area (Å²) in [7, 11) is 0. The first-order valence-electron chi connectivity index (χ1n) is 10.4. The standard InChI is InChI=1S/C26H24ClN3O2/c1-16(2)32-20-10-11-21(17(3)13-20)26(31)29-19-9-12-23(27)22(14-19)25-28-15-24(30-25)18-7-5-4-6-8-18/h4-16H,1-3H3,(H,28,30)(H,29,31). The first kappa shape index (κ1) is 21.7. The molecule has 0 saturated heterocycles. The van der Waals surface area contributed by atoms with Crippen molar-refractivity contribution in [2.24, 2.45) is 0 Å². The quantitative estimate of drug-likeness (QED) is 0.345. The van der Waals surface area contributed by atoms with E-state index < -0.39 is 0 Å². The molecule has 0 aliphatic heterocycles. The van der Waals surface area contributed by atoms with E-state index in [0.717, 1.165) is 22.6 Å². The number of nitrogens with one attached hydrogen (secondary N) is 2. The number of amides is 1. The molecule has 5 nitrogen and oxygen atoms in total. The monoisotopic (exact) mass is 445 g/mol. The normalized spacial score (nSPS) is 10.9. The molecule has 0 spiro atoms. The first-order chi connectivity index (χ1) is 15.4. The molecule has 32 heavy (non-hydrogen) atoms. The lowest BCUT2D eigenvalue weighted by Crippen LogP contribution is -2.14. The van der Waals surface area contributed by atoms with E-state index in [2.05, 4.69) is 15.3 Å². The minimum atomic E-state index is -0.198. The second-order valence-electron chi connectivity index (χ2n) is 7.80. The van der Waals surface area contributed by atoms with Gasteiger partial charge in [0.05, 0.1) is 23.0 Å².